The molecule has 2 rings (SSSR count). The molecule has 0 aliphatic rings. The Balaban J connectivity index is 2.50. The zero-order chi connectivity index (χ0) is 15.6. The van der Waals surface area contributed by atoms with Crippen LogP contribution in [0.25, 0.3) is 5.82 Å². The van der Waals surface area contributed by atoms with Crippen LogP contribution in [0.5, 0.6) is 0 Å². The highest BCUT2D eigenvalue weighted by Gasteiger charge is 2.20. The van der Waals surface area contributed by atoms with Gasteiger partial charge in [-0.3, -0.25) is 14.9 Å². The Morgan fingerprint density at radius 1 is 1.38 bits per heavy atom. The second-order valence-electron chi connectivity index (χ2n) is 4.39. The van der Waals surface area contributed by atoms with E-state index in [1.165, 1.54) is 34.0 Å². The fourth-order valence-electron chi connectivity index (χ4n) is 1.68. The van der Waals surface area contributed by atoms with E-state index in [9.17, 15) is 14.9 Å². The fourth-order valence-corrected chi connectivity index (χ4v) is 1.68. The van der Waals surface area contributed by atoms with Crippen LogP contribution in [0.1, 0.15) is 10.5 Å². The van der Waals surface area contributed by atoms with Crippen LogP contribution in [0.2, 0.25) is 0 Å². The summed E-state index contributed by atoms with van der Waals surface area (Å²) in [5.74, 6) is 0.220. The summed E-state index contributed by atoms with van der Waals surface area (Å²) >= 11 is 0. The maximum absolute atomic E-state index is 11.8. The van der Waals surface area contributed by atoms with Crippen LogP contribution in [-0.4, -0.2) is 51.6 Å². The Morgan fingerprint density at radius 3 is 2.67 bits per heavy atom. The third-order valence-corrected chi connectivity index (χ3v) is 2.74. The van der Waals surface area contributed by atoms with Crippen molar-refractivity contribution < 1.29 is 9.72 Å². The molecular formula is C12H14N6O3. The van der Waals surface area contributed by atoms with Crippen molar-refractivity contribution in [1.82, 2.24) is 19.7 Å². The zero-order valence-corrected chi connectivity index (χ0v) is 11.8. The SMILES string of the molecule is CNc1ccc([N+](=O)[O-])c(-n2ccc(C(=O)N(C)C)n2)n1. The quantitative estimate of drug-likeness (QED) is 0.663. The molecule has 0 atom stereocenters. The van der Waals surface area contributed by atoms with Crippen LogP contribution < -0.4 is 5.32 Å². The number of anilines is 1. The van der Waals surface area contributed by atoms with Crippen LogP contribution in [-0.2, 0) is 0 Å². The lowest BCUT2D eigenvalue weighted by atomic mass is 10.3. The number of aromatic nitrogens is 3. The van der Waals surface area contributed by atoms with E-state index in [1.54, 1.807) is 21.1 Å². The number of nitrogens with one attached hydrogen (secondary N) is 1. The van der Waals surface area contributed by atoms with Gasteiger partial charge in [-0.15, -0.1) is 0 Å². The van der Waals surface area contributed by atoms with Crippen molar-refractivity contribution in [2.45, 2.75) is 0 Å². The zero-order valence-electron chi connectivity index (χ0n) is 11.8. The molecule has 9 heteroatoms. The van der Waals surface area contributed by atoms with Gasteiger partial charge < -0.3 is 10.2 Å². The van der Waals surface area contributed by atoms with Gasteiger partial charge in [0.2, 0.25) is 5.82 Å². The normalized spacial score (nSPS) is 10.2. The van der Waals surface area contributed by atoms with E-state index in [0.717, 1.165) is 0 Å². The molecule has 9 nitrogen and oxygen atoms in total. The highest BCUT2D eigenvalue weighted by molar-refractivity contribution is 5.91. The van der Waals surface area contributed by atoms with Gasteiger partial charge in [-0.1, -0.05) is 0 Å². The number of nitrogens with zero attached hydrogens (tertiary/aromatic N) is 5. The summed E-state index contributed by atoms with van der Waals surface area (Å²) in [6.45, 7) is 0. The molecule has 0 spiro atoms. The Labute approximate surface area is 120 Å². The summed E-state index contributed by atoms with van der Waals surface area (Å²) in [6.07, 6.45) is 1.46. The third-order valence-electron chi connectivity index (χ3n) is 2.74. The number of hydrogen-bond donors (Lipinski definition) is 1. The highest BCUT2D eigenvalue weighted by atomic mass is 16.6. The molecule has 21 heavy (non-hydrogen) atoms. The first-order valence-corrected chi connectivity index (χ1v) is 6.05. The molecule has 0 aromatic carbocycles. The number of carbonyl (C=O) groups is 1. The van der Waals surface area contributed by atoms with Crippen molar-refractivity contribution in [3.63, 3.8) is 0 Å². The first kappa shape index (κ1) is 14.4. The van der Waals surface area contributed by atoms with E-state index in [1.807, 2.05) is 0 Å². The van der Waals surface area contributed by atoms with E-state index in [2.05, 4.69) is 15.4 Å². The van der Waals surface area contributed by atoms with Crippen LogP contribution in [0, 0.1) is 10.1 Å². The number of amides is 1. The lowest BCUT2D eigenvalue weighted by Gasteiger charge is -2.07. The molecule has 2 aromatic rings. The first-order chi connectivity index (χ1) is 9.93. The van der Waals surface area contributed by atoms with Crippen molar-refractivity contribution in [2.24, 2.45) is 0 Å². The monoisotopic (exact) mass is 290 g/mol. The lowest BCUT2D eigenvalue weighted by Crippen LogP contribution is -2.22. The largest absolute Gasteiger partial charge is 0.373 e. The van der Waals surface area contributed by atoms with Gasteiger partial charge in [0.25, 0.3) is 5.91 Å². The van der Waals surface area contributed by atoms with E-state index >= 15 is 0 Å². The maximum atomic E-state index is 11.8. The number of hydrogen-bond acceptors (Lipinski definition) is 6. The maximum Gasteiger partial charge on any atom is 0.313 e. The standard InChI is InChI=1S/C12H14N6O3/c1-13-10-5-4-9(18(20)21)11(14-10)17-7-6-8(15-17)12(19)16(2)3/h4-7H,1-3H3,(H,13,14). The molecule has 0 aliphatic carbocycles. The Bertz CT molecular complexity index is 694. The molecule has 0 bridgehead atoms. The van der Waals surface area contributed by atoms with E-state index in [0.29, 0.717) is 5.82 Å². The van der Waals surface area contributed by atoms with Gasteiger partial charge in [0.1, 0.15) is 5.82 Å². The molecule has 0 radical (unpaired) electrons. The van der Waals surface area contributed by atoms with Gasteiger partial charge >= 0.3 is 5.69 Å². The lowest BCUT2D eigenvalue weighted by molar-refractivity contribution is -0.384. The average molecular weight is 290 g/mol. The molecule has 0 aliphatic heterocycles. The van der Waals surface area contributed by atoms with Crippen LogP contribution in [0.4, 0.5) is 11.5 Å². The van der Waals surface area contributed by atoms with E-state index in [-0.39, 0.29) is 23.1 Å². The molecule has 2 heterocycles. The van der Waals surface area contributed by atoms with E-state index in [4.69, 9.17) is 0 Å². The van der Waals surface area contributed by atoms with Gasteiger partial charge in [-0.2, -0.15) is 5.10 Å². The number of pyridine rings is 1. The smallest absolute Gasteiger partial charge is 0.313 e. The minimum Gasteiger partial charge on any atom is -0.373 e. The minimum absolute atomic E-state index is 0.0460. The summed E-state index contributed by atoms with van der Waals surface area (Å²) in [7, 11) is 4.86. The van der Waals surface area contributed by atoms with Crippen molar-refractivity contribution in [3.05, 3.63) is 40.2 Å². The minimum atomic E-state index is -0.545. The molecule has 0 saturated heterocycles. The van der Waals surface area contributed by atoms with Gasteiger partial charge in [-0.25, -0.2) is 9.67 Å². The van der Waals surface area contributed by atoms with Gasteiger partial charge in [0, 0.05) is 33.4 Å². The molecule has 1 amide bonds. The fraction of sp³-hybridized carbons (Fsp3) is 0.250. The first-order valence-electron chi connectivity index (χ1n) is 6.05. The Morgan fingerprint density at radius 2 is 2.10 bits per heavy atom. The van der Waals surface area contributed by atoms with Crippen molar-refractivity contribution in [3.8, 4) is 5.82 Å². The molecule has 1 N–H and O–H groups in total. The number of nitro groups is 1. The predicted octanol–water partition coefficient (Wildman–Crippen LogP) is 0.919. The Hall–Kier alpha value is -2.97. The summed E-state index contributed by atoms with van der Waals surface area (Å²) in [5, 5.41) is 17.9. The molecular weight excluding hydrogens is 276 g/mol. The third kappa shape index (κ3) is 2.81. The Kier molecular flexibility index (Phi) is 3.83. The topological polar surface area (TPSA) is 106 Å². The van der Waals surface area contributed by atoms with E-state index < -0.39 is 4.92 Å². The second kappa shape index (κ2) is 5.57. The van der Waals surface area contributed by atoms with Crippen LogP contribution >= 0.6 is 0 Å². The van der Waals surface area contributed by atoms with Crippen LogP contribution in [0.15, 0.2) is 24.4 Å². The number of rotatable bonds is 4. The summed E-state index contributed by atoms with van der Waals surface area (Å²) in [6, 6.07) is 4.32. The summed E-state index contributed by atoms with van der Waals surface area (Å²) in [4.78, 5) is 27.8. The predicted molar refractivity (Wildman–Crippen MR) is 75.6 cm³/mol. The van der Waals surface area contributed by atoms with Gasteiger partial charge in [0.15, 0.2) is 5.69 Å². The van der Waals surface area contributed by atoms with Crippen molar-refractivity contribution in [1.29, 1.82) is 0 Å². The second-order valence-corrected chi connectivity index (χ2v) is 4.39. The molecule has 110 valence electrons. The highest BCUT2D eigenvalue weighted by Crippen LogP contribution is 2.22. The molecule has 0 saturated carbocycles. The molecule has 0 unspecified atom stereocenters. The van der Waals surface area contributed by atoms with Crippen LogP contribution in [0.3, 0.4) is 0 Å². The van der Waals surface area contributed by atoms with Gasteiger partial charge in [-0.05, 0) is 12.1 Å². The summed E-state index contributed by atoms with van der Waals surface area (Å²) in [5.41, 5.74) is -0.00749. The van der Waals surface area contributed by atoms with Crippen molar-refractivity contribution in [2.75, 3.05) is 26.5 Å². The molecule has 0 fully saturated rings. The van der Waals surface area contributed by atoms with Gasteiger partial charge in [0.05, 0.1) is 4.92 Å². The van der Waals surface area contributed by atoms with Crippen molar-refractivity contribution >= 4 is 17.4 Å². The summed E-state index contributed by atoms with van der Waals surface area (Å²) < 4.78 is 1.22. The molecule has 2 aromatic heterocycles. The average Bonchev–Trinajstić information content (AvgIpc) is 2.95. The number of carbonyl (C=O) groups excluding carboxylic acids is 1.